The summed E-state index contributed by atoms with van der Waals surface area (Å²) in [5.41, 5.74) is 0. The Hall–Kier alpha value is -1.30. The van der Waals surface area contributed by atoms with Crippen LogP contribution < -0.4 is 14.8 Å². The first-order valence-electron chi connectivity index (χ1n) is 7.66. The van der Waals surface area contributed by atoms with E-state index in [1.807, 2.05) is 24.3 Å². The van der Waals surface area contributed by atoms with Crippen molar-refractivity contribution in [3.8, 4) is 11.5 Å². The fourth-order valence-corrected chi connectivity index (χ4v) is 2.44. The molecular formula is C16H26N2O3. The standard InChI is InChI=1S/C16H26N2O3/c1-20-15-4-6-16(7-5-15)21-13-14(19)12-17-8-11-18-9-2-3-10-18/h4-7,14,17,19H,2-3,8-13H2,1H3. The quantitative estimate of drug-likeness (QED) is 0.669. The summed E-state index contributed by atoms with van der Waals surface area (Å²) in [6.07, 6.45) is 2.14. The van der Waals surface area contributed by atoms with Crippen LogP contribution in [0.4, 0.5) is 0 Å². The highest BCUT2D eigenvalue weighted by Crippen LogP contribution is 2.16. The zero-order valence-electron chi connectivity index (χ0n) is 12.8. The van der Waals surface area contributed by atoms with Gasteiger partial charge in [-0.25, -0.2) is 0 Å². The van der Waals surface area contributed by atoms with Crippen molar-refractivity contribution < 1.29 is 14.6 Å². The van der Waals surface area contributed by atoms with Gasteiger partial charge in [0.1, 0.15) is 24.2 Å². The van der Waals surface area contributed by atoms with E-state index in [0.717, 1.165) is 24.6 Å². The molecule has 5 nitrogen and oxygen atoms in total. The summed E-state index contributed by atoms with van der Waals surface area (Å²) >= 11 is 0. The lowest BCUT2D eigenvalue weighted by molar-refractivity contribution is 0.106. The van der Waals surface area contributed by atoms with Gasteiger partial charge in [0.25, 0.3) is 0 Å². The van der Waals surface area contributed by atoms with E-state index in [4.69, 9.17) is 9.47 Å². The lowest BCUT2D eigenvalue weighted by Gasteiger charge is -2.17. The van der Waals surface area contributed by atoms with E-state index in [9.17, 15) is 5.11 Å². The fraction of sp³-hybridized carbons (Fsp3) is 0.625. The van der Waals surface area contributed by atoms with Gasteiger partial charge >= 0.3 is 0 Å². The van der Waals surface area contributed by atoms with E-state index in [2.05, 4.69) is 10.2 Å². The van der Waals surface area contributed by atoms with Gasteiger partial charge < -0.3 is 24.8 Å². The van der Waals surface area contributed by atoms with Gasteiger partial charge in [-0.2, -0.15) is 0 Å². The number of nitrogens with zero attached hydrogens (tertiary/aromatic N) is 1. The van der Waals surface area contributed by atoms with Crippen LogP contribution in [0, 0.1) is 0 Å². The zero-order valence-corrected chi connectivity index (χ0v) is 12.8. The number of methoxy groups -OCH3 is 1. The highest BCUT2D eigenvalue weighted by atomic mass is 16.5. The third-order valence-electron chi connectivity index (χ3n) is 3.69. The van der Waals surface area contributed by atoms with Crippen molar-refractivity contribution in [3.05, 3.63) is 24.3 Å². The van der Waals surface area contributed by atoms with Crippen molar-refractivity contribution in [2.45, 2.75) is 18.9 Å². The maximum Gasteiger partial charge on any atom is 0.119 e. The van der Waals surface area contributed by atoms with Crippen LogP contribution in [0.1, 0.15) is 12.8 Å². The number of aliphatic hydroxyl groups is 1. The molecule has 0 radical (unpaired) electrons. The molecule has 0 aliphatic carbocycles. The van der Waals surface area contributed by atoms with Crippen molar-refractivity contribution in [1.29, 1.82) is 0 Å². The number of likely N-dealkylation sites (tertiary alicyclic amines) is 1. The van der Waals surface area contributed by atoms with Gasteiger partial charge in [0, 0.05) is 19.6 Å². The van der Waals surface area contributed by atoms with E-state index in [0.29, 0.717) is 13.2 Å². The molecule has 118 valence electrons. The van der Waals surface area contributed by atoms with Crippen LogP contribution in [0.5, 0.6) is 11.5 Å². The minimum absolute atomic E-state index is 0.295. The number of aliphatic hydroxyl groups excluding tert-OH is 1. The van der Waals surface area contributed by atoms with Crippen molar-refractivity contribution in [2.75, 3.05) is 46.4 Å². The molecule has 1 atom stereocenters. The van der Waals surface area contributed by atoms with Crippen LogP contribution in [0.3, 0.4) is 0 Å². The van der Waals surface area contributed by atoms with E-state index < -0.39 is 6.10 Å². The Labute approximate surface area is 126 Å². The third kappa shape index (κ3) is 5.91. The van der Waals surface area contributed by atoms with Crippen molar-refractivity contribution >= 4 is 0 Å². The highest BCUT2D eigenvalue weighted by Gasteiger charge is 2.11. The number of rotatable bonds is 9. The average Bonchev–Trinajstić information content (AvgIpc) is 3.03. The maximum atomic E-state index is 9.88. The lowest BCUT2D eigenvalue weighted by Crippen LogP contribution is -2.36. The summed E-state index contributed by atoms with van der Waals surface area (Å²) in [6.45, 7) is 5.26. The Bertz CT molecular complexity index is 391. The van der Waals surface area contributed by atoms with E-state index in [1.54, 1.807) is 7.11 Å². The molecule has 1 aliphatic heterocycles. The van der Waals surface area contributed by atoms with Crippen LogP contribution in [0.15, 0.2) is 24.3 Å². The second-order valence-electron chi connectivity index (χ2n) is 5.39. The SMILES string of the molecule is COc1ccc(OCC(O)CNCCN2CCCC2)cc1. The van der Waals surface area contributed by atoms with Gasteiger partial charge in [-0.05, 0) is 50.2 Å². The number of hydrogen-bond acceptors (Lipinski definition) is 5. The Morgan fingerprint density at radius 3 is 2.52 bits per heavy atom. The molecular weight excluding hydrogens is 268 g/mol. The third-order valence-corrected chi connectivity index (χ3v) is 3.69. The van der Waals surface area contributed by atoms with Crippen LogP contribution in [-0.2, 0) is 0 Å². The highest BCUT2D eigenvalue weighted by molar-refractivity contribution is 5.31. The molecule has 21 heavy (non-hydrogen) atoms. The van der Waals surface area contributed by atoms with Crippen LogP contribution in [-0.4, -0.2) is 62.6 Å². The second kappa shape index (κ2) is 8.87. The van der Waals surface area contributed by atoms with E-state index >= 15 is 0 Å². The molecule has 0 bridgehead atoms. The summed E-state index contributed by atoms with van der Waals surface area (Å²) in [5.74, 6) is 1.54. The van der Waals surface area contributed by atoms with Crippen LogP contribution in [0.2, 0.25) is 0 Å². The van der Waals surface area contributed by atoms with Gasteiger partial charge in [-0.1, -0.05) is 0 Å². The maximum absolute atomic E-state index is 9.88. The number of nitrogens with one attached hydrogen (secondary N) is 1. The molecule has 2 N–H and O–H groups in total. The molecule has 0 saturated carbocycles. The average molecular weight is 294 g/mol. The lowest BCUT2D eigenvalue weighted by atomic mass is 10.3. The summed E-state index contributed by atoms with van der Waals surface area (Å²) < 4.78 is 10.6. The molecule has 0 aromatic heterocycles. The first-order valence-corrected chi connectivity index (χ1v) is 7.66. The van der Waals surface area contributed by atoms with Gasteiger partial charge in [0.15, 0.2) is 0 Å². The van der Waals surface area contributed by atoms with Crippen LogP contribution in [0.25, 0.3) is 0 Å². The molecule has 0 amide bonds. The summed E-state index contributed by atoms with van der Waals surface area (Å²) in [4.78, 5) is 2.45. The monoisotopic (exact) mass is 294 g/mol. The molecule has 1 fully saturated rings. The van der Waals surface area contributed by atoms with Crippen LogP contribution >= 0.6 is 0 Å². The van der Waals surface area contributed by atoms with E-state index in [1.165, 1.54) is 25.9 Å². The fourth-order valence-electron chi connectivity index (χ4n) is 2.44. The molecule has 1 aliphatic rings. The topological polar surface area (TPSA) is 54.0 Å². The van der Waals surface area contributed by atoms with Gasteiger partial charge in [0.2, 0.25) is 0 Å². The molecule has 1 unspecified atom stereocenters. The largest absolute Gasteiger partial charge is 0.497 e. The summed E-state index contributed by atoms with van der Waals surface area (Å²) in [6, 6.07) is 7.37. The molecule has 1 aromatic carbocycles. The smallest absolute Gasteiger partial charge is 0.119 e. The van der Waals surface area contributed by atoms with Crippen molar-refractivity contribution in [1.82, 2.24) is 10.2 Å². The molecule has 1 heterocycles. The van der Waals surface area contributed by atoms with Crippen molar-refractivity contribution in [2.24, 2.45) is 0 Å². The minimum atomic E-state index is -0.495. The number of ether oxygens (including phenoxy) is 2. The van der Waals surface area contributed by atoms with E-state index in [-0.39, 0.29) is 0 Å². The molecule has 2 rings (SSSR count). The Kier molecular flexibility index (Phi) is 6.79. The zero-order chi connectivity index (χ0) is 14.9. The van der Waals surface area contributed by atoms with Gasteiger partial charge in [-0.15, -0.1) is 0 Å². The Balaban J connectivity index is 1.54. The summed E-state index contributed by atoms with van der Waals surface area (Å²) in [7, 11) is 1.63. The predicted molar refractivity (Wildman–Crippen MR) is 83.0 cm³/mol. The van der Waals surface area contributed by atoms with Gasteiger partial charge in [-0.3, -0.25) is 0 Å². The molecule has 0 spiro atoms. The number of hydrogen-bond donors (Lipinski definition) is 2. The number of benzene rings is 1. The first kappa shape index (κ1) is 16.1. The summed E-state index contributed by atoms with van der Waals surface area (Å²) in [5, 5.41) is 13.2. The van der Waals surface area contributed by atoms with Gasteiger partial charge in [0.05, 0.1) is 7.11 Å². The molecule has 5 heteroatoms. The van der Waals surface area contributed by atoms with Crippen molar-refractivity contribution in [3.63, 3.8) is 0 Å². The normalized spacial score (nSPS) is 16.9. The minimum Gasteiger partial charge on any atom is -0.497 e. The Morgan fingerprint density at radius 2 is 1.86 bits per heavy atom. The molecule has 1 aromatic rings. The first-order chi connectivity index (χ1) is 10.3. The molecule has 1 saturated heterocycles. The Morgan fingerprint density at radius 1 is 1.19 bits per heavy atom. The predicted octanol–water partition coefficient (Wildman–Crippen LogP) is 1.12. The second-order valence-corrected chi connectivity index (χ2v) is 5.39.